The summed E-state index contributed by atoms with van der Waals surface area (Å²) in [6.07, 6.45) is 0.365. The van der Waals surface area contributed by atoms with E-state index in [1.807, 2.05) is 11.9 Å². The van der Waals surface area contributed by atoms with Crippen LogP contribution in [-0.4, -0.2) is 32.7 Å². The largest absolute Gasteiger partial charge is 0.489 e. The van der Waals surface area contributed by atoms with Crippen molar-refractivity contribution in [2.24, 2.45) is 0 Å². The summed E-state index contributed by atoms with van der Waals surface area (Å²) in [7, 11) is 3.49. The minimum Gasteiger partial charge on any atom is -0.489 e. The zero-order valence-corrected chi connectivity index (χ0v) is 9.87. The Hall–Kier alpha value is -1.78. The molecule has 0 aromatic heterocycles. The van der Waals surface area contributed by atoms with Gasteiger partial charge in [-0.3, -0.25) is 4.79 Å². The van der Waals surface area contributed by atoms with E-state index in [0.717, 1.165) is 5.69 Å². The minimum atomic E-state index is -0.318. The number of carbonyl (C=O) groups excluding carboxylic acids is 1. The molecule has 0 aliphatic carbocycles. The van der Waals surface area contributed by atoms with E-state index in [-0.39, 0.29) is 17.8 Å². The van der Waals surface area contributed by atoms with Gasteiger partial charge in [0, 0.05) is 20.2 Å². The number of anilines is 1. The third-order valence-corrected chi connectivity index (χ3v) is 2.98. The number of nitrogens with zero attached hydrogens (tertiary/aromatic N) is 1. The molecule has 0 saturated heterocycles. The molecule has 1 amide bonds. The van der Waals surface area contributed by atoms with Crippen LogP contribution in [0.2, 0.25) is 0 Å². The van der Waals surface area contributed by atoms with E-state index in [1.165, 1.54) is 12.1 Å². The number of amides is 1. The molecule has 0 unspecified atom stereocenters. The Kier molecular flexibility index (Phi) is 3.17. The number of nitrogens with one attached hydrogen (secondary N) is 1. The van der Waals surface area contributed by atoms with Crippen LogP contribution in [0.1, 0.15) is 6.42 Å². The lowest BCUT2D eigenvalue weighted by molar-refractivity contribution is -0.121. The van der Waals surface area contributed by atoms with E-state index in [0.29, 0.717) is 18.8 Å². The number of halogens is 1. The summed E-state index contributed by atoms with van der Waals surface area (Å²) in [4.78, 5) is 13.3. The van der Waals surface area contributed by atoms with Crippen molar-refractivity contribution in [3.8, 4) is 5.75 Å². The highest BCUT2D eigenvalue weighted by Crippen LogP contribution is 2.33. The first-order valence-corrected chi connectivity index (χ1v) is 5.47. The third-order valence-electron chi connectivity index (χ3n) is 2.98. The summed E-state index contributed by atoms with van der Waals surface area (Å²) in [5.74, 6) is 0.179. The van der Waals surface area contributed by atoms with Crippen LogP contribution in [0.25, 0.3) is 0 Å². The molecule has 0 saturated carbocycles. The fraction of sp³-hybridized carbons (Fsp3) is 0.417. The van der Waals surface area contributed by atoms with Crippen LogP contribution < -0.4 is 15.0 Å². The van der Waals surface area contributed by atoms with Gasteiger partial charge < -0.3 is 15.0 Å². The molecule has 0 radical (unpaired) electrons. The second-order valence-electron chi connectivity index (χ2n) is 4.07. The average Bonchev–Trinajstić information content (AvgIpc) is 2.32. The summed E-state index contributed by atoms with van der Waals surface area (Å²) in [5, 5.41) is 2.58. The lowest BCUT2D eigenvalue weighted by Crippen LogP contribution is -2.43. The van der Waals surface area contributed by atoms with Crippen molar-refractivity contribution < 1.29 is 13.9 Å². The molecule has 1 atom stereocenters. The summed E-state index contributed by atoms with van der Waals surface area (Å²) < 4.78 is 18.5. The second-order valence-corrected chi connectivity index (χ2v) is 4.07. The molecular weight excluding hydrogens is 223 g/mol. The fourth-order valence-corrected chi connectivity index (χ4v) is 1.90. The highest BCUT2D eigenvalue weighted by molar-refractivity contribution is 5.77. The van der Waals surface area contributed by atoms with E-state index in [9.17, 15) is 9.18 Å². The number of hydrogen-bond acceptors (Lipinski definition) is 3. The van der Waals surface area contributed by atoms with Crippen molar-refractivity contribution in [2.45, 2.75) is 12.5 Å². The summed E-state index contributed by atoms with van der Waals surface area (Å²) in [5.41, 5.74) is 0.812. The van der Waals surface area contributed by atoms with Gasteiger partial charge >= 0.3 is 0 Å². The van der Waals surface area contributed by atoms with E-state index in [1.54, 1.807) is 13.1 Å². The monoisotopic (exact) mass is 238 g/mol. The molecule has 1 heterocycles. The van der Waals surface area contributed by atoms with Gasteiger partial charge in [0.05, 0.1) is 18.2 Å². The van der Waals surface area contributed by atoms with E-state index in [2.05, 4.69) is 5.32 Å². The number of fused-ring (bicyclic) bond motifs is 1. The number of benzene rings is 1. The van der Waals surface area contributed by atoms with Crippen LogP contribution in [0.4, 0.5) is 10.1 Å². The quantitative estimate of drug-likeness (QED) is 0.840. The molecule has 1 N–H and O–H groups in total. The van der Waals surface area contributed by atoms with Crippen molar-refractivity contribution in [2.75, 3.05) is 25.6 Å². The zero-order valence-electron chi connectivity index (χ0n) is 9.87. The normalized spacial score (nSPS) is 18.3. The molecule has 1 aromatic carbocycles. The highest BCUT2D eigenvalue weighted by Gasteiger charge is 2.26. The molecular formula is C12H15FN2O2. The molecule has 92 valence electrons. The summed E-state index contributed by atoms with van der Waals surface area (Å²) in [6.45, 7) is 0.389. The Balaban J connectivity index is 2.18. The average molecular weight is 238 g/mol. The van der Waals surface area contributed by atoms with E-state index >= 15 is 0 Å². The van der Waals surface area contributed by atoms with Gasteiger partial charge in [0.15, 0.2) is 0 Å². The number of carbonyl (C=O) groups is 1. The van der Waals surface area contributed by atoms with Crippen molar-refractivity contribution in [1.29, 1.82) is 0 Å². The van der Waals surface area contributed by atoms with Crippen LogP contribution in [-0.2, 0) is 4.79 Å². The van der Waals surface area contributed by atoms with E-state index < -0.39 is 0 Å². The smallest absolute Gasteiger partial charge is 0.221 e. The van der Waals surface area contributed by atoms with Gasteiger partial charge in [-0.2, -0.15) is 0 Å². The SMILES string of the molecule is CNC(=O)C[C@H]1COc2cc(F)ccc2N1C. The Morgan fingerprint density at radius 1 is 1.65 bits per heavy atom. The maximum absolute atomic E-state index is 13.0. The van der Waals surface area contributed by atoms with Crippen LogP contribution in [0, 0.1) is 5.82 Å². The van der Waals surface area contributed by atoms with Crippen molar-refractivity contribution >= 4 is 11.6 Å². The molecule has 1 aromatic rings. The fourth-order valence-electron chi connectivity index (χ4n) is 1.90. The predicted octanol–water partition coefficient (Wildman–Crippen LogP) is 1.16. The second kappa shape index (κ2) is 4.61. The van der Waals surface area contributed by atoms with E-state index in [4.69, 9.17) is 4.74 Å². The topological polar surface area (TPSA) is 41.6 Å². The molecule has 2 rings (SSSR count). The highest BCUT2D eigenvalue weighted by atomic mass is 19.1. The molecule has 4 nitrogen and oxygen atoms in total. The molecule has 0 spiro atoms. The zero-order chi connectivity index (χ0) is 12.4. The van der Waals surface area contributed by atoms with Crippen LogP contribution in [0.3, 0.4) is 0 Å². The summed E-state index contributed by atoms with van der Waals surface area (Å²) in [6, 6.07) is 4.40. The Labute approximate surface area is 99.4 Å². The Bertz CT molecular complexity index is 437. The number of rotatable bonds is 2. The van der Waals surface area contributed by atoms with Gasteiger partial charge in [-0.1, -0.05) is 0 Å². The third kappa shape index (κ3) is 2.33. The predicted molar refractivity (Wildman–Crippen MR) is 62.8 cm³/mol. The van der Waals surface area contributed by atoms with Crippen molar-refractivity contribution in [1.82, 2.24) is 5.32 Å². The Morgan fingerprint density at radius 3 is 3.12 bits per heavy atom. The molecule has 0 fully saturated rings. The van der Waals surface area contributed by atoms with Gasteiger partial charge in [-0.25, -0.2) is 4.39 Å². The first-order chi connectivity index (χ1) is 8.11. The van der Waals surface area contributed by atoms with Gasteiger partial charge in [-0.15, -0.1) is 0 Å². The van der Waals surface area contributed by atoms with Crippen molar-refractivity contribution in [3.05, 3.63) is 24.0 Å². The molecule has 5 heteroatoms. The van der Waals surface area contributed by atoms with Crippen LogP contribution in [0.15, 0.2) is 18.2 Å². The lowest BCUT2D eigenvalue weighted by atomic mass is 10.1. The first-order valence-electron chi connectivity index (χ1n) is 5.47. The first kappa shape index (κ1) is 11.7. The minimum absolute atomic E-state index is 0.0205. The maximum atomic E-state index is 13.0. The number of ether oxygens (including phenoxy) is 1. The lowest BCUT2D eigenvalue weighted by Gasteiger charge is -2.35. The van der Waals surface area contributed by atoms with Gasteiger partial charge in [-0.05, 0) is 12.1 Å². The van der Waals surface area contributed by atoms with Gasteiger partial charge in [0.2, 0.25) is 5.91 Å². The van der Waals surface area contributed by atoms with Crippen LogP contribution >= 0.6 is 0 Å². The summed E-state index contributed by atoms with van der Waals surface area (Å²) >= 11 is 0. The molecule has 17 heavy (non-hydrogen) atoms. The van der Waals surface area contributed by atoms with Crippen LogP contribution in [0.5, 0.6) is 5.75 Å². The number of hydrogen-bond donors (Lipinski definition) is 1. The van der Waals surface area contributed by atoms with Crippen molar-refractivity contribution in [3.63, 3.8) is 0 Å². The standard InChI is InChI=1S/C12H15FN2O2/c1-14-12(16)6-9-7-17-11-5-8(13)3-4-10(11)15(9)2/h3-5,9H,6-7H2,1-2H3,(H,14,16)/t9-/m0/s1. The number of likely N-dealkylation sites (N-methyl/N-ethyl adjacent to an activating group) is 1. The van der Waals surface area contributed by atoms with Gasteiger partial charge in [0.25, 0.3) is 0 Å². The molecule has 1 aliphatic heterocycles. The molecule has 0 bridgehead atoms. The maximum Gasteiger partial charge on any atom is 0.221 e. The molecule has 1 aliphatic rings. The Morgan fingerprint density at radius 2 is 2.41 bits per heavy atom. The van der Waals surface area contributed by atoms with Gasteiger partial charge in [0.1, 0.15) is 18.2 Å².